The van der Waals surface area contributed by atoms with Crippen molar-refractivity contribution in [2.75, 3.05) is 19.6 Å². The lowest BCUT2D eigenvalue weighted by molar-refractivity contribution is -0.120. The van der Waals surface area contributed by atoms with Gasteiger partial charge in [0.2, 0.25) is 5.91 Å². The van der Waals surface area contributed by atoms with Gasteiger partial charge in [-0.15, -0.1) is 0 Å². The Morgan fingerprint density at radius 3 is 2.53 bits per heavy atom. The summed E-state index contributed by atoms with van der Waals surface area (Å²) < 4.78 is 0. The second-order valence-corrected chi connectivity index (χ2v) is 4.24. The highest BCUT2D eigenvalue weighted by atomic mass is 16.4. The summed E-state index contributed by atoms with van der Waals surface area (Å²) in [6, 6.07) is 6.09. The summed E-state index contributed by atoms with van der Waals surface area (Å²) >= 11 is 0. The first-order valence-electron chi connectivity index (χ1n) is 5.98. The summed E-state index contributed by atoms with van der Waals surface area (Å²) in [5, 5.41) is 11.7. The minimum Gasteiger partial charge on any atom is -0.478 e. The number of rotatable bonds is 2. The first-order chi connectivity index (χ1) is 9.09. The molecular formula is C13H14N2O4. The lowest BCUT2D eigenvalue weighted by Crippen LogP contribution is -2.35. The number of hydrogen-bond acceptors (Lipinski definition) is 3. The number of nitrogens with zero attached hydrogens (tertiary/aromatic N) is 1. The average molecular weight is 262 g/mol. The first kappa shape index (κ1) is 13.1. The molecule has 2 N–H and O–H groups in total. The van der Waals surface area contributed by atoms with E-state index in [9.17, 15) is 14.4 Å². The second-order valence-electron chi connectivity index (χ2n) is 4.24. The molecule has 100 valence electrons. The van der Waals surface area contributed by atoms with Gasteiger partial charge in [-0.1, -0.05) is 12.1 Å². The topological polar surface area (TPSA) is 86.7 Å². The largest absolute Gasteiger partial charge is 0.478 e. The number of amides is 2. The van der Waals surface area contributed by atoms with Crippen LogP contribution in [0.3, 0.4) is 0 Å². The minimum absolute atomic E-state index is 0.0176. The van der Waals surface area contributed by atoms with Gasteiger partial charge in [0.25, 0.3) is 5.91 Å². The molecule has 0 radical (unpaired) electrons. The fourth-order valence-electron chi connectivity index (χ4n) is 2.00. The maximum atomic E-state index is 12.3. The molecule has 2 rings (SSSR count). The van der Waals surface area contributed by atoms with Gasteiger partial charge in [-0.3, -0.25) is 9.59 Å². The van der Waals surface area contributed by atoms with E-state index < -0.39 is 5.97 Å². The van der Waals surface area contributed by atoms with E-state index in [0.717, 1.165) is 0 Å². The van der Waals surface area contributed by atoms with E-state index in [-0.39, 0.29) is 29.4 Å². The highest BCUT2D eigenvalue weighted by Gasteiger charge is 2.23. The predicted molar refractivity (Wildman–Crippen MR) is 66.9 cm³/mol. The smallest absolute Gasteiger partial charge is 0.336 e. The Kier molecular flexibility index (Phi) is 3.79. The highest BCUT2D eigenvalue weighted by molar-refractivity contribution is 6.04. The van der Waals surface area contributed by atoms with Crippen LogP contribution in [0.4, 0.5) is 0 Å². The molecule has 1 saturated heterocycles. The zero-order valence-electron chi connectivity index (χ0n) is 10.3. The SMILES string of the molecule is O=C1CCN(C(=O)c2ccccc2C(=O)O)CCN1. The van der Waals surface area contributed by atoms with E-state index in [1.54, 1.807) is 12.1 Å². The third-order valence-corrected chi connectivity index (χ3v) is 2.99. The Morgan fingerprint density at radius 1 is 1.16 bits per heavy atom. The van der Waals surface area contributed by atoms with Gasteiger partial charge in [0.1, 0.15) is 0 Å². The molecule has 19 heavy (non-hydrogen) atoms. The molecule has 0 spiro atoms. The molecule has 0 saturated carbocycles. The van der Waals surface area contributed by atoms with Crippen molar-refractivity contribution >= 4 is 17.8 Å². The molecule has 2 amide bonds. The van der Waals surface area contributed by atoms with Gasteiger partial charge in [-0.2, -0.15) is 0 Å². The number of benzene rings is 1. The Morgan fingerprint density at radius 2 is 1.84 bits per heavy atom. The standard InChI is InChI=1S/C13H14N2O4/c16-11-5-7-15(8-6-14-11)12(17)9-3-1-2-4-10(9)13(18)19/h1-4H,5-8H2,(H,14,16)(H,18,19). The molecule has 0 unspecified atom stereocenters. The fraction of sp³-hybridized carbons (Fsp3) is 0.308. The van der Waals surface area contributed by atoms with E-state index in [0.29, 0.717) is 19.6 Å². The number of carboxylic acid groups (broad SMARTS) is 1. The second kappa shape index (κ2) is 5.51. The maximum absolute atomic E-state index is 12.3. The molecule has 1 fully saturated rings. The van der Waals surface area contributed by atoms with Crippen LogP contribution in [-0.4, -0.2) is 47.4 Å². The zero-order chi connectivity index (χ0) is 13.8. The molecule has 6 nitrogen and oxygen atoms in total. The number of aromatic carboxylic acids is 1. The summed E-state index contributed by atoms with van der Waals surface area (Å²) in [5.74, 6) is -1.58. The normalized spacial score (nSPS) is 15.6. The lowest BCUT2D eigenvalue weighted by Gasteiger charge is -2.20. The van der Waals surface area contributed by atoms with E-state index in [1.807, 2.05) is 0 Å². The molecule has 1 aliphatic heterocycles. The number of carbonyl (C=O) groups is 3. The first-order valence-corrected chi connectivity index (χ1v) is 5.98. The summed E-state index contributed by atoms with van der Waals surface area (Å²) in [6.07, 6.45) is 0.237. The van der Waals surface area contributed by atoms with Crippen molar-refractivity contribution in [3.8, 4) is 0 Å². The van der Waals surface area contributed by atoms with Crippen molar-refractivity contribution in [3.05, 3.63) is 35.4 Å². The number of carbonyl (C=O) groups excluding carboxylic acids is 2. The molecule has 0 bridgehead atoms. The third-order valence-electron chi connectivity index (χ3n) is 2.99. The monoisotopic (exact) mass is 262 g/mol. The zero-order valence-corrected chi connectivity index (χ0v) is 10.3. The number of nitrogens with one attached hydrogen (secondary N) is 1. The van der Waals surface area contributed by atoms with E-state index >= 15 is 0 Å². The van der Waals surface area contributed by atoms with Crippen molar-refractivity contribution < 1.29 is 19.5 Å². The summed E-state index contributed by atoms with van der Waals surface area (Å²) in [7, 11) is 0. The van der Waals surface area contributed by atoms with Gasteiger partial charge in [-0.05, 0) is 12.1 Å². The summed E-state index contributed by atoms with van der Waals surface area (Å²) in [4.78, 5) is 36.1. The van der Waals surface area contributed by atoms with Crippen molar-refractivity contribution in [2.24, 2.45) is 0 Å². The molecule has 1 aromatic rings. The molecule has 0 aliphatic carbocycles. The van der Waals surface area contributed by atoms with Gasteiger partial charge >= 0.3 is 5.97 Å². The summed E-state index contributed by atoms with van der Waals surface area (Å²) in [6.45, 7) is 1.08. The third kappa shape index (κ3) is 2.90. The van der Waals surface area contributed by atoms with E-state index in [2.05, 4.69) is 5.32 Å². The Balaban J connectivity index is 2.24. The Bertz CT molecular complexity index is 527. The quantitative estimate of drug-likeness (QED) is 0.805. The molecule has 1 aromatic carbocycles. The van der Waals surface area contributed by atoms with Gasteiger partial charge < -0.3 is 15.3 Å². The fourth-order valence-corrected chi connectivity index (χ4v) is 2.00. The van der Waals surface area contributed by atoms with Crippen LogP contribution < -0.4 is 5.32 Å². The van der Waals surface area contributed by atoms with Crippen molar-refractivity contribution in [1.29, 1.82) is 0 Å². The van der Waals surface area contributed by atoms with Crippen LogP contribution in [0.25, 0.3) is 0 Å². The van der Waals surface area contributed by atoms with Gasteiger partial charge in [0.05, 0.1) is 11.1 Å². The molecule has 6 heteroatoms. The molecule has 0 atom stereocenters. The lowest BCUT2D eigenvalue weighted by atomic mass is 10.1. The molecular weight excluding hydrogens is 248 g/mol. The molecule has 1 aliphatic rings. The van der Waals surface area contributed by atoms with Crippen LogP contribution in [0.5, 0.6) is 0 Å². The molecule has 1 heterocycles. The average Bonchev–Trinajstić information content (AvgIpc) is 2.62. The van der Waals surface area contributed by atoms with Crippen LogP contribution in [0, 0.1) is 0 Å². The van der Waals surface area contributed by atoms with E-state index in [1.165, 1.54) is 17.0 Å². The predicted octanol–water partition coefficient (Wildman–Crippen LogP) is 0.347. The van der Waals surface area contributed by atoms with Crippen LogP contribution in [0.1, 0.15) is 27.1 Å². The Labute approximate surface area is 110 Å². The van der Waals surface area contributed by atoms with Crippen LogP contribution in [0.2, 0.25) is 0 Å². The highest BCUT2D eigenvalue weighted by Crippen LogP contribution is 2.13. The summed E-state index contributed by atoms with van der Waals surface area (Å²) in [5.41, 5.74) is 0.139. The number of hydrogen-bond donors (Lipinski definition) is 2. The Hall–Kier alpha value is -2.37. The van der Waals surface area contributed by atoms with Gasteiger partial charge in [0.15, 0.2) is 0 Å². The van der Waals surface area contributed by atoms with Crippen LogP contribution in [-0.2, 0) is 4.79 Å². The molecule has 0 aromatic heterocycles. The van der Waals surface area contributed by atoms with Crippen molar-refractivity contribution in [2.45, 2.75) is 6.42 Å². The minimum atomic E-state index is -1.13. The van der Waals surface area contributed by atoms with Crippen molar-refractivity contribution in [3.63, 3.8) is 0 Å². The van der Waals surface area contributed by atoms with Crippen LogP contribution >= 0.6 is 0 Å². The number of carboxylic acids is 1. The van der Waals surface area contributed by atoms with E-state index in [4.69, 9.17) is 5.11 Å². The van der Waals surface area contributed by atoms with Crippen molar-refractivity contribution in [1.82, 2.24) is 10.2 Å². The maximum Gasteiger partial charge on any atom is 0.336 e. The van der Waals surface area contributed by atoms with Crippen LogP contribution in [0.15, 0.2) is 24.3 Å². The van der Waals surface area contributed by atoms with Gasteiger partial charge in [0, 0.05) is 26.1 Å². The van der Waals surface area contributed by atoms with Gasteiger partial charge in [-0.25, -0.2) is 4.79 Å².